The highest BCUT2D eigenvalue weighted by Gasteiger charge is 2.13. The van der Waals surface area contributed by atoms with Gasteiger partial charge in [-0.1, -0.05) is 98.5 Å². The molecule has 0 spiro atoms. The number of hydrogen-bond acceptors (Lipinski definition) is 1. The zero-order valence-corrected chi connectivity index (χ0v) is 17.2. The molecule has 0 aliphatic rings. The van der Waals surface area contributed by atoms with Gasteiger partial charge < -0.3 is 4.74 Å². The van der Waals surface area contributed by atoms with Crippen LogP contribution in [0.4, 0.5) is 0 Å². The molecule has 0 saturated carbocycles. The van der Waals surface area contributed by atoms with Gasteiger partial charge in [0.1, 0.15) is 5.75 Å². The molecule has 3 aromatic rings. The summed E-state index contributed by atoms with van der Waals surface area (Å²) in [5.74, 6) is 1.75. The third-order valence-electron chi connectivity index (χ3n) is 4.96. The largest absolute Gasteiger partial charge is 0.493 e. The topological polar surface area (TPSA) is 9.23 Å². The molecule has 0 aromatic heterocycles. The Labute approximate surface area is 174 Å². The smallest absolute Gasteiger partial charge is 0.127 e. The van der Waals surface area contributed by atoms with Gasteiger partial charge in [0, 0.05) is 11.4 Å². The average molecular weight is 393 g/mol. The Morgan fingerprint density at radius 1 is 0.571 bits per heavy atom. The van der Waals surface area contributed by atoms with Crippen molar-refractivity contribution in [2.75, 3.05) is 12.5 Å². The fourth-order valence-corrected chi connectivity index (χ4v) is 3.69. The lowest BCUT2D eigenvalue weighted by molar-refractivity contribution is 0.305. The Hall–Kier alpha value is -2.25. The summed E-state index contributed by atoms with van der Waals surface area (Å²) in [4.78, 5) is 0. The quantitative estimate of drug-likeness (QED) is 0.237. The molecule has 1 nitrogen and oxygen atoms in total. The first-order valence-corrected chi connectivity index (χ1v) is 10.9. The summed E-state index contributed by atoms with van der Waals surface area (Å²) < 4.78 is 6.26. The number of rotatable bonds is 11. The predicted molar refractivity (Wildman–Crippen MR) is 121 cm³/mol. The lowest BCUT2D eigenvalue weighted by Gasteiger charge is -2.16. The number of ether oxygens (including phenoxy) is 1. The van der Waals surface area contributed by atoms with Crippen LogP contribution < -0.4 is 4.74 Å². The van der Waals surface area contributed by atoms with Crippen LogP contribution in [0.1, 0.15) is 38.5 Å². The molecule has 0 unspecified atom stereocenters. The van der Waals surface area contributed by atoms with Gasteiger partial charge in [-0.25, -0.2) is 0 Å². The van der Waals surface area contributed by atoms with Gasteiger partial charge in [0.25, 0.3) is 0 Å². The van der Waals surface area contributed by atoms with Crippen LogP contribution in [0.15, 0.2) is 78.9 Å². The van der Waals surface area contributed by atoms with Crippen LogP contribution in [0, 0.1) is 0 Å². The first kappa shape index (κ1) is 20.5. The van der Waals surface area contributed by atoms with Crippen LogP contribution in [0.5, 0.6) is 5.75 Å². The molecule has 0 bridgehead atoms. The maximum atomic E-state index is 6.26. The Kier molecular flexibility index (Phi) is 8.46. The normalized spacial score (nSPS) is 10.8. The van der Waals surface area contributed by atoms with Crippen LogP contribution >= 0.6 is 11.6 Å². The molecule has 0 aliphatic carbocycles. The Bertz CT molecular complexity index is 814. The molecule has 0 atom stereocenters. The van der Waals surface area contributed by atoms with Gasteiger partial charge in [0.15, 0.2) is 0 Å². The minimum Gasteiger partial charge on any atom is -0.493 e. The molecule has 3 aromatic carbocycles. The first-order valence-electron chi connectivity index (χ1n) is 10.3. The van der Waals surface area contributed by atoms with Crippen molar-refractivity contribution in [2.45, 2.75) is 38.5 Å². The van der Waals surface area contributed by atoms with E-state index in [-0.39, 0.29) is 0 Å². The van der Waals surface area contributed by atoms with Crippen molar-refractivity contribution >= 4 is 11.6 Å². The summed E-state index contributed by atoms with van der Waals surface area (Å²) in [6.45, 7) is 0.758. The minimum absolute atomic E-state index is 0.758. The van der Waals surface area contributed by atoms with E-state index >= 15 is 0 Å². The molecule has 28 heavy (non-hydrogen) atoms. The maximum Gasteiger partial charge on any atom is 0.127 e. The molecular weight excluding hydrogens is 364 g/mol. The van der Waals surface area contributed by atoms with Crippen LogP contribution in [0.2, 0.25) is 0 Å². The summed E-state index contributed by atoms with van der Waals surface area (Å²) in [6, 6.07) is 27.5. The number of halogens is 1. The first-order chi connectivity index (χ1) is 13.9. The standard InChI is InChI=1S/C26H29ClO/c27-20-11-3-1-2-4-12-21-28-25-19-13-18-24(22-14-7-5-8-15-22)26(25)23-16-9-6-10-17-23/h5-10,13-19H,1-4,11-12,20-21H2. The van der Waals surface area contributed by atoms with E-state index in [2.05, 4.69) is 78.9 Å². The van der Waals surface area contributed by atoms with E-state index in [0.717, 1.165) is 31.1 Å². The third-order valence-corrected chi connectivity index (χ3v) is 5.23. The van der Waals surface area contributed by atoms with E-state index < -0.39 is 0 Å². The van der Waals surface area contributed by atoms with Crippen molar-refractivity contribution in [2.24, 2.45) is 0 Å². The van der Waals surface area contributed by atoms with E-state index in [0.29, 0.717) is 0 Å². The minimum atomic E-state index is 0.758. The van der Waals surface area contributed by atoms with E-state index in [9.17, 15) is 0 Å². The SMILES string of the molecule is ClCCCCCCCCOc1cccc(-c2ccccc2)c1-c1ccccc1. The second kappa shape index (κ2) is 11.6. The fourth-order valence-electron chi connectivity index (χ4n) is 3.50. The zero-order valence-electron chi connectivity index (χ0n) is 16.4. The summed E-state index contributed by atoms with van der Waals surface area (Å²) in [6.07, 6.45) is 7.19. The second-order valence-corrected chi connectivity index (χ2v) is 7.45. The van der Waals surface area contributed by atoms with Gasteiger partial charge in [0.2, 0.25) is 0 Å². The lowest BCUT2D eigenvalue weighted by atomic mass is 9.94. The van der Waals surface area contributed by atoms with Crippen molar-refractivity contribution in [3.63, 3.8) is 0 Å². The van der Waals surface area contributed by atoms with Crippen molar-refractivity contribution in [1.29, 1.82) is 0 Å². The maximum absolute atomic E-state index is 6.26. The van der Waals surface area contributed by atoms with Crippen molar-refractivity contribution in [3.05, 3.63) is 78.9 Å². The highest BCUT2D eigenvalue weighted by molar-refractivity contribution is 6.17. The van der Waals surface area contributed by atoms with E-state index in [1.807, 2.05) is 0 Å². The third kappa shape index (κ3) is 5.87. The summed E-state index contributed by atoms with van der Waals surface area (Å²) in [7, 11) is 0. The van der Waals surface area contributed by atoms with E-state index in [1.54, 1.807) is 0 Å². The molecule has 0 saturated heterocycles. The molecule has 3 rings (SSSR count). The van der Waals surface area contributed by atoms with E-state index in [4.69, 9.17) is 16.3 Å². The van der Waals surface area contributed by atoms with Crippen molar-refractivity contribution < 1.29 is 4.74 Å². The van der Waals surface area contributed by atoms with Gasteiger partial charge in [-0.05, 0) is 35.6 Å². The fraction of sp³-hybridized carbons (Fsp3) is 0.308. The summed E-state index contributed by atoms with van der Waals surface area (Å²) in [5, 5.41) is 0. The number of benzene rings is 3. The number of unbranched alkanes of at least 4 members (excludes halogenated alkanes) is 5. The van der Waals surface area contributed by atoms with E-state index in [1.165, 1.54) is 47.9 Å². The van der Waals surface area contributed by atoms with Gasteiger partial charge in [-0.2, -0.15) is 0 Å². The van der Waals surface area contributed by atoms with Gasteiger partial charge in [-0.3, -0.25) is 0 Å². The molecule has 0 aliphatic heterocycles. The molecular formula is C26H29ClO. The Balaban J connectivity index is 1.72. The molecule has 0 amide bonds. The van der Waals surface area contributed by atoms with Crippen molar-refractivity contribution in [3.8, 4) is 28.0 Å². The molecule has 146 valence electrons. The molecule has 0 heterocycles. The second-order valence-electron chi connectivity index (χ2n) is 7.07. The molecule has 0 radical (unpaired) electrons. The molecule has 2 heteroatoms. The van der Waals surface area contributed by atoms with Gasteiger partial charge >= 0.3 is 0 Å². The van der Waals surface area contributed by atoms with Crippen LogP contribution in [0.25, 0.3) is 22.3 Å². The highest BCUT2D eigenvalue weighted by Crippen LogP contribution is 2.39. The highest BCUT2D eigenvalue weighted by atomic mass is 35.5. The average Bonchev–Trinajstić information content (AvgIpc) is 2.76. The summed E-state index contributed by atoms with van der Waals surface area (Å²) >= 11 is 5.73. The zero-order chi connectivity index (χ0) is 19.4. The monoisotopic (exact) mass is 392 g/mol. The Morgan fingerprint density at radius 2 is 1.18 bits per heavy atom. The number of alkyl halides is 1. The lowest BCUT2D eigenvalue weighted by Crippen LogP contribution is -2.00. The van der Waals surface area contributed by atoms with Crippen LogP contribution in [0.3, 0.4) is 0 Å². The van der Waals surface area contributed by atoms with Gasteiger partial charge in [0.05, 0.1) is 6.61 Å². The van der Waals surface area contributed by atoms with Crippen LogP contribution in [-0.4, -0.2) is 12.5 Å². The predicted octanol–water partition coefficient (Wildman–Crippen LogP) is 7.98. The van der Waals surface area contributed by atoms with Crippen LogP contribution in [-0.2, 0) is 0 Å². The molecule has 0 fully saturated rings. The molecule has 0 N–H and O–H groups in total. The van der Waals surface area contributed by atoms with Crippen molar-refractivity contribution in [1.82, 2.24) is 0 Å². The Morgan fingerprint density at radius 3 is 1.86 bits per heavy atom. The number of hydrogen-bond donors (Lipinski definition) is 0. The van der Waals surface area contributed by atoms with Gasteiger partial charge in [-0.15, -0.1) is 11.6 Å². The summed E-state index contributed by atoms with van der Waals surface area (Å²) in [5.41, 5.74) is 4.80.